The summed E-state index contributed by atoms with van der Waals surface area (Å²) in [5.74, 6) is 1.41. The number of carbonyl (C=O) groups excluding carboxylic acids is 1. The van der Waals surface area contributed by atoms with Gasteiger partial charge in [-0.05, 0) is 43.2 Å². The Morgan fingerprint density at radius 2 is 2.00 bits per heavy atom. The van der Waals surface area contributed by atoms with Crippen LogP contribution in [0.5, 0.6) is 0 Å². The number of rotatable bonds is 4. The fourth-order valence-electron chi connectivity index (χ4n) is 2.24. The van der Waals surface area contributed by atoms with Crippen LogP contribution in [0.25, 0.3) is 6.08 Å². The van der Waals surface area contributed by atoms with Crippen LogP contribution in [-0.2, 0) is 11.2 Å². The third-order valence-corrected chi connectivity index (χ3v) is 5.08. The number of carbonyl (C=O) groups is 1. The number of halogens is 1. The summed E-state index contributed by atoms with van der Waals surface area (Å²) in [4.78, 5) is 14.7. The lowest BCUT2D eigenvalue weighted by atomic mass is 10.1. The molecular formula is C17H14ClNO2S2. The SMILES string of the molecule is Cc1ccc(C=C2SC(=S)N(CCc3ccc(Cl)cc3)C2=O)o1. The van der Waals surface area contributed by atoms with Gasteiger partial charge in [-0.15, -0.1) is 0 Å². The predicted molar refractivity (Wildman–Crippen MR) is 98.5 cm³/mol. The lowest BCUT2D eigenvalue weighted by Gasteiger charge is -2.14. The van der Waals surface area contributed by atoms with Crippen molar-refractivity contribution in [2.24, 2.45) is 0 Å². The van der Waals surface area contributed by atoms with E-state index in [9.17, 15) is 4.79 Å². The van der Waals surface area contributed by atoms with Gasteiger partial charge < -0.3 is 4.42 Å². The van der Waals surface area contributed by atoms with Gasteiger partial charge in [0.25, 0.3) is 5.91 Å². The summed E-state index contributed by atoms with van der Waals surface area (Å²) in [5, 5.41) is 0.705. The van der Waals surface area contributed by atoms with Crippen molar-refractivity contribution in [3.05, 3.63) is 63.4 Å². The molecule has 1 aliphatic heterocycles. The minimum absolute atomic E-state index is 0.0667. The third kappa shape index (κ3) is 3.86. The van der Waals surface area contributed by atoms with Gasteiger partial charge >= 0.3 is 0 Å². The van der Waals surface area contributed by atoms with Crippen LogP contribution in [0, 0.1) is 6.92 Å². The number of furan rings is 1. The van der Waals surface area contributed by atoms with E-state index in [0.717, 1.165) is 17.7 Å². The molecule has 1 aliphatic rings. The highest BCUT2D eigenvalue weighted by Crippen LogP contribution is 2.32. The molecule has 1 aromatic carbocycles. The zero-order valence-electron chi connectivity index (χ0n) is 12.4. The van der Waals surface area contributed by atoms with Crippen LogP contribution >= 0.6 is 35.6 Å². The Morgan fingerprint density at radius 3 is 2.65 bits per heavy atom. The first-order valence-electron chi connectivity index (χ1n) is 7.09. The highest BCUT2D eigenvalue weighted by atomic mass is 35.5. The van der Waals surface area contributed by atoms with Gasteiger partial charge in [0.2, 0.25) is 0 Å². The van der Waals surface area contributed by atoms with Crippen molar-refractivity contribution in [2.45, 2.75) is 13.3 Å². The zero-order chi connectivity index (χ0) is 16.4. The molecule has 1 saturated heterocycles. The third-order valence-electron chi connectivity index (χ3n) is 3.45. The number of hydrogen-bond donors (Lipinski definition) is 0. The standard InChI is InChI=1S/C17H14ClNO2S2/c1-11-2-7-14(21-11)10-15-16(20)19(17(22)23-15)9-8-12-3-5-13(18)6-4-12/h2-7,10H,8-9H2,1H3. The summed E-state index contributed by atoms with van der Waals surface area (Å²) in [7, 11) is 0. The Hall–Kier alpha value is -1.56. The van der Waals surface area contributed by atoms with Crippen molar-refractivity contribution in [3.8, 4) is 0 Å². The van der Waals surface area contributed by atoms with Gasteiger partial charge in [0.15, 0.2) is 0 Å². The highest BCUT2D eigenvalue weighted by Gasteiger charge is 2.31. The summed E-state index contributed by atoms with van der Waals surface area (Å²) in [6.07, 6.45) is 2.48. The molecule has 1 fully saturated rings. The van der Waals surface area contributed by atoms with Crippen molar-refractivity contribution in [2.75, 3.05) is 6.54 Å². The van der Waals surface area contributed by atoms with Crippen LogP contribution in [0.1, 0.15) is 17.1 Å². The molecular weight excluding hydrogens is 350 g/mol. The van der Waals surface area contributed by atoms with E-state index < -0.39 is 0 Å². The van der Waals surface area contributed by atoms with Gasteiger partial charge in [-0.3, -0.25) is 9.69 Å². The molecule has 3 nitrogen and oxygen atoms in total. The maximum Gasteiger partial charge on any atom is 0.266 e. The second kappa shape index (κ2) is 6.91. The number of amides is 1. The fraction of sp³-hybridized carbons (Fsp3) is 0.176. The molecule has 2 aromatic rings. The number of hydrogen-bond acceptors (Lipinski definition) is 4. The molecule has 0 radical (unpaired) electrons. The first-order valence-corrected chi connectivity index (χ1v) is 8.69. The largest absolute Gasteiger partial charge is 0.462 e. The van der Waals surface area contributed by atoms with Crippen molar-refractivity contribution in [1.82, 2.24) is 4.90 Å². The Kier molecular flexibility index (Phi) is 4.90. The van der Waals surface area contributed by atoms with Crippen LogP contribution in [0.4, 0.5) is 0 Å². The number of thiocarbonyl (C=S) groups is 1. The van der Waals surface area contributed by atoms with E-state index in [1.165, 1.54) is 11.8 Å². The average molecular weight is 364 g/mol. The van der Waals surface area contributed by atoms with Crippen molar-refractivity contribution in [3.63, 3.8) is 0 Å². The molecule has 3 rings (SSSR count). The maximum absolute atomic E-state index is 12.5. The molecule has 1 amide bonds. The van der Waals surface area contributed by atoms with Crippen LogP contribution < -0.4 is 0 Å². The Bertz CT molecular complexity index is 780. The molecule has 0 unspecified atom stereocenters. The van der Waals surface area contributed by atoms with Crippen LogP contribution in [-0.4, -0.2) is 21.7 Å². The lowest BCUT2D eigenvalue weighted by Crippen LogP contribution is -2.30. The molecule has 23 heavy (non-hydrogen) atoms. The average Bonchev–Trinajstić information content (AvgIpc) is 3.04. The van der Waals surface area contributed by atoms with Crippen LogP contribution in [0.2, 0.25) is 5.02 Å². The quantitative estimate of drug-likeness (QED) is 0.583. The summed E-state index contributed by atoms with van der Waals surface area (Å²) in [6.45, 7) is 2.43. The minimum atomic E-state index is -0.0667. The van der Waals surface area contributed by atoms with E-state index in [1.807, 2.05) is 43.3 Å². The summed E-state index contributed by atoms with van der Waals surface area (Å²) >= 11 is 12.5. The van der Waals surface area contributed by atoms with E-state index in [0.29, 0.717) is 26.6 Å². The number of benzene rings is 1. The highest BCUT2D eigenvalue weighted by molar-refractivity contribution is 8.26. The minimum Gasteiger partial charge on any atom is -0.462 e. The van der Waals surface area contributed by atoms with Gasteiger partial charge in [0, 0.05) is 17.6 Å². The first-order chi connectivity index (χ1) is 11.0. The van der Waals surface area contributed by atoms with Gasteiger partial charge in [-0.25, -0.2) is 0 Å². The molecule has 1 aromatic heterocycles. The number of thioether (sulfide) groups is 1. The molecule has 0 aliphatic carbocycles. The Morgan fingerprint density at radius 1 is 1.26 bits per heavy atom. The lowest BCUT2D eigenvalue weighted by molar-refractivity contribution is -0.122. The van der Waals surface area contributed by atoms with E-state index in [1.54, 1.807) is 11.0 Å². The summed E-state index contributed by atoms with van der Waals surface area (Å²) in [6, 6.07) is 11.3. The summed E-state index contributed by atoms with van der Waals surface area (Å²) in [5.41, 5.74) is 1.12. The molecule has 2 heterocycles. The monoisotopic (exact) mass is 363 g/mol. The van der Waals surface area contributed by atoms with E-state index in [-0.39, 0.29) is 5.91 Å². The molecule has 0 bridgehead atoms. The van der Waals surface area contributed by atoms with Gasteiger partial charge in [0.05, 0.1) is 4.91 Å². The maximum atomic E-state index is 12.5. The zero-order valence-corrected chi connectivity index (χ0v) is 14.8. The smallest absolute Gasteiger partial charge is 0.266 e. The van der Waals surface area contributed by atoms with Crippen molar-refractivity contribution < 1.29 is 9.21 Å². The van der Waals surface area contributed by atoms with Crippen molar-refractivity contribution in [1.29, 1.82) is 0 Å². The first kappa shape index (κ1) is 16.3. The van der Waals surface area contributed by atoms with Gasteiger partial charge in [-0.1, -0.05) is 47.7 Å². The Labute approximate surface area is 149 Å². The number of aryl methyl sites for hydroxylation is 1. The van der Waals surface area contributed by atoms with E-state index in [4.69, 9.17) is 28.2 Å². The topological polar surface area (TPSA) is 33.5 Å². The van der Waals surface area contributed by atoms with E-state index in [2.05, 4.69) is 0 Å². The normalized spacial score (nSPS) is 16.6. The van der Waals surface area contributed by atoms with Crippen LogP contribution in [0.15, 0.2) is 45.7 Å². The molecule has 0 N–H and O–H groups in total. The fourth-order valence-corrected chi connectivity index (χ4v) is 3.66. The van der Waals surface area contributed by atoms with Gasteiger partial charge in [0.1, 0.15) is 15.8 Å². The second-order valence-electron chi connectivity index (χ2n) is 5.16. The molecule has 0 atom stereocenters. The summed E-state index contributed by atoms with van der Waals surface area (Å²) < 4.78 is 6.07. The van der Waals surface area contributed by atoms with Crippen LogP contribution in [0.3, 0.4) is 0 Å². The van der Waals surface area contributed by atoms with Crippen molar-refractivity contribution >= 4 is 51.9 Å². The van der Waals surface area contributed by atoms with Gasteiger partial charge in [-0.2, -0.15) is 0 Å². The molecule has 0 spiro atoms. The number of nitrogens with zero attached hydrogens (tertiary/aromatic N) is 1. The van der Waals surface area contributed by atoms with E-state index >= 15 is 0 Å². The Balaban J connectivity index is 1.69. The second-order valence-corrected chi connectivity index (χ2v) is 7.27. The molecule has 0 saturated carbocycles. The molecule has 118 valence electrons. The predicted octanol–water partition coefficient (Wildman–Crippen LogP) is 4.69. The molecule has 6 heteroatoms.